The molecule has 1 aromatic rings. The van der Waals surface area contributed by atoms with Gasteiger partial charge in [0.2, 0.25) is 5.91 Å². The van der Waals surface area contributed by atoms with E-state index in [0.717, 1.165) is 36.4 Å². The minimum Gasteiger partial charge on any atom is -0.434 e. The van der Waals surface area contributed by atoms with Gasteiger partial charge in [0.1, 0.15) is 16.9 Å². The zero-order valence-electron chi connectivity index (χ0n) is 28.2. The zero-order chi connectivity index (χ0) is 32.7. The van der Waals surface area contributed by atoms with Crippen LogP contribution in [-0.2, 0) is 20.7 Å². The molecule has 3 fully saturated rings. The summed E-state index contributed by atoms with van der Waals surface area (Å²) in [5.74, 6) is 0.224. The number of fused-ring (bicyclic) bond motifs is 4. The fraction of sp³-hybridized carbons (Fsp3) is 0.649. The quantitative estimate of drug-likeness (QED) is 0.116. The lowest BCUT2D eigenvalue weighted by Crippen LogP contribution is -2.57. The highest BCUT2D eigenvalue weighted by Gasteiger charge is 2.81. The molecule has 1 saturated heterocycles. The van der Waals surface area contributed by atoms with Crippen LogP contribution in [0.2, 0.25) is 25.7 Å². The molecule has 244 valence electrons. The van der Waals surface area contributed by atoms with Crippen molar-refractivity contribution < 1.29 is 29.0 Å². The summed E-state index contributed by atoms with van der Waals surface area (Å²) in [6.07, 6.45) is 7.24. The second kappa shape index (κ2) is 10.9. The zero-order valence-corrected chi connectivity index (χ0v) is 29.2. The fourth-order valence-corrected chi connectivity index (χ4v) is 11.0. The van der Waals surface area contributed by atoms with Crippen LogP contribution in [0.15, 0.2) is 47.6 Å². The molecule has 10 atom stereocenters. The third-order valence-electron chi connectivity index (χ3n) is 12.3. The third-order valence-corrected chi connectivity index (χ3v) is 14.0. The number of amides is 1. The Morgan fingerprint density at radius 3 is 2.42 bits per heavy atom. The number of benzene rings is 1. The normalized spacial score (nSPS) is 40.3. The van der Waals surface area contributed by atoms with Crippen LogP contribution in [0.1, 0.15) is 59.4 Å². The van der Waals surface area contributed by atoms with Crippen LogP contribution in [0.5, 0.6) is 5.75 Å². The Kier molecular flexibility index (Phi) is 7.83. The van der Waals surface area contributed by atoms with Crippen molar-refractivity contribution in [3.05, 3.63) is 53.1 Å². The van der Waals surface area contributed by atoms with Crippen LogP contribution in [0.4, 0.5) is 4.79 Å². The number of nitrogens with one attached hydrogen (secondary N) is 1. The van der Waals surface area contributed by atoms with Gasteiger partial charge in [-0.05, 0) is 80.0 Å². The molecule has 6 rings (SSSR count). The predicted octanol–water partition coefficient (Wildman–Crippen LogP) is 6.93. The number of Topliss-reactive ketones (excluding diaryl/α,β-unsaturated/α-hetero) is 1. The van der Waals surface area contributed by atoms with Crippen molar-refractivity contribution in [2.75, 3.05) is 6.61 Å². The number of carbonyl (C=O) groups excluding carboxylic acids is 3. The van der Waals surface area contributed by atoms with Gasteiger partial charge in [0.15, 0.2) is 5.78 Å². The average Bonchev–Trinajstić information content (AvgIpc) is 3.29. The number of carbonyl (C=O) groups is 3. The van der Waals surface area contributed by atoms with Gasteiger partial charge in [-0.2, -0.15) is 0 Å². The Hall–Kier alpha value is -2.71. The van der Waals surface area contributed by atoms with Gasteiger partial charge in [-0.25, -0.2) is 4.79 Å². The van der Waals surface area contributed by atoms with Crippen molar-refractivity contribution in [3.8, 4) is 5.75 Å². The summed E-state index contributed by atoms with van der Waals surface area (Å²) < 4.78 is 10.6. The summed E-state index contributed by atoms with van der Waals surface area (Å²) in [7, 11) is -1.33. The van der Waals surface area contributed by atoms with Crippen LogP contribution < -0.4 is 10.1 Å². The highest BCUT2D eigenvalue weighted by Crippen LogP contribution is 2.73. The van der Waals surface area contributed by atoms with E-state index >= 15 is 4.79 Å². The molecule has 1 spiro atoms. The Bertz CT molecular complexity index is 1460. The molecule has 5 aliphatic rings. The highest BCUT2D eigenvalue weighted by molar-refractivity contribution is 6.76. The molecule has 1 amide bonds. The summed E-state index contributed by atoms with van der Waals surface area (Å²) in [4.78, 5) is 41.7. The molecule has 0 radical (unpaired) electrons. The largest absolute Gasteiger partial charge is 0.513 e. The SMILES string of the molecule is CC1=C[C@]2(C)[C@@H]3C(C)=CC4C[C@H](C)CC[C@H]4[C@@H]3C(=O)[C@@]23C(=O)N[C@](O)(Cc2ccc(OC(=O)OCC[Si](C)(C)C)cc2)[C@@H]3[C@@H]1C. The van der Waals surface area contributed by atoms with Gasteiger partial charge in [-0.3, -0.25) is 9.59 Å². The molecule has 45 heavy (non-hydrogen) atoms. The number of ether oxygens (including phenoxy) is 2. The van der Waals surface area contributed by atoms with Crippen molar-refractivity contribution in [1.82, 2.24) is 5.32 Å². The fourth-order valence-electron chi connectivity index (χ4n) is 10.3. The summed E-state index contributed by atoms with van der Waals surface area (Å²) >= 11 is 0. The van der Waals surface area contributed by atoms with Crippen LogP contribution in [0.3, 0.4) is 0 Å². The molecule has 7 nitrogen and oxygen atoms in total. The number of hydrogen-bond donors (Lipinski definition) is 2. The molecule has 8 heteroatoms. The van der Waals surface area contributed by atoms with Gasteiger partial charge in [0.05, 0.1) is 6.61 Å². The Morgan fingerprint density at radius 1 is 1.07 bits per heavy atom. The Labute approximate surface area is 269 Å². The van der Waals surface area contributed by atoms with Crippen molar-refractivity contribution in [2.45, 2.75) is 91.7 Å². The number of hydrogen-bond acceptors (Lipinski definition) is 6. The van der Waals surface area contributed by atoms with Gasteiger partial charge < -0.3 is 19.9 Å². The lowest BCUT2D eigenvalue weighted by molar-refractivity contribution is -0.151. The molecule has 1 aliphatic heterocycles. The second-order valence-corrected chi connectivity index (χ2v) is 22.1. The van der Waals surface area contributed by atoms with Crippen molar-refractivity contribution >= 4 is 25.9 Å². The van der Waals surface area contributed by atoms with Gasteiger partial charge in [-0.1, -0.05) is 82.3 Å². The maximum Gasteiger partial charge on any atom is 0.513 e. The van der Waals surface area contributed by atoms with Crippen molar-refractivity contribution in [2.24, 2.45) is 52.3 Å². The predicted molar refractivity (Wildman–Crippen MR) is 176 cm³/mol. The summed E-state index contributed by atoms with van der Waals surface area (Å²) in [5, 5.41) is 15.5. The lowest BCUT2D eigenvalue weighted by atomic mass is 9.49. The molecule has 0 bridgehead atoms. The van der Waals surface area contributed by atoms with E-state index in [1.165, 1.54) is 5.57 Å². The molecule has 4 aliphatic carbocycles. The van der Waals surface area contributed by atoms with Gasteiger partial charge in [0.25, 0.3) is 0 Å². The minimum atomic E-state index is -1.62. The van der Waals surface area contributed by atoms with Crippen LogP contribution in [0.25, 0.3) is 0 Å². The van der Waals surface area contributed by atoms with E-state index in [2.05, 4.69) is 71.7 Å². The van der Waals surface area contributed by atoms with Crippen molar-refractivity contribution in [1.29, 1.82) is 0 Å². The average molecular weight is 634 g/mol. The van der Waals surface area contributed by atoms with E-state index in [-0.39, 0.29) is 41.8 Å². The molecular formula is C37H51NO6Si. The standard InChI is InChI=1S/C37H51NO6Si/c1-21-9-14-28-26(17-21)18-22(2)30-29(28)32(39)37-31(24(4)23(3)19-35(30,37)5)36(42,38-33(37)40)20-25-10-12-27(13-11-25)44-34(41)43-15-16-45(6,7)8/h10-13,18-19,21,24,26,28-31,42H,9,14-17,20H2,1-8H3,(H,38,40)/t21-,24-,26?,28-,29+,30-,31+,35-,36+,37+/m1/s1. The van der Waals surface area contributed by atoms with E-state index in [0.29, 0.717) is 24.2 Å². The van der Waals surface area contributed by atoms with Crippen LogP contribution >= 0.6 is 0 Å². The summed E-state index contributed by atoms with van der Waals surface area (Å²) in [6, 6.07) is 7.81. The monoisotopic (exact) mass is 633 g/mol. The van der Waals surface area contributed by atoms with Crippen molar-refractivity contribution in [3.63, 3.8) is 0 Å². The van der Waals surface area contributed by atoms with Gasteiger partial charge in [0, 0.05) is 31.7 Å². The van der Waals surface area contributed by atoms with E-state index in [1.54, 1.807) is 24.3 Å². The Balaban J connectivity index is 1.29. The van der Waals surface area contributed by atoms with Crippen LogP contribution in [-0.4, -0.2) is 43.4 Å². The molecule has 1 unspecified atom stereocenters. The molecule has 2 saturated carbocycles. The molecule has 2 N–H and O–H groups in total. The molecule has 0 aromatic heterocycles. The topological polar surface area (TPSA) is 102 Å². The minimum absolute atomic E-state index is 0.0393. The number of aliphatic hydroxyl groups is 1. The van der Waals surface area contributed by atoms with E-state index < -0.39 is 36.7 Å². The van der Waals surface area contributed by atoms with E-state index in [9.17, 15) is 14.7 Å². The Morgan fingerprint density at radius 2 is 1.76 bits per heavy atom. The number of rotatable bonds is 6. The molecule has 1 aromatic carbocycles. The summed E-state index contributed by atoms with van der Waals surface area (Å²) in [5.41, 5.74) is -0.579. The maximum absolute atomic E-state index is 15.1. The molecular weight excluding hydrogens is 582 g/mol. The van der Waals surface area contributed by atoms with Crippen LogP contribution in [0, 0.1) is 52.3 Å². The first-order valence-electron chi connectivity index (χ1n) is 16.9. The number of ketones is 1. The first kappa shape index (κ1) is 32.2. The molecule has 1 heterocycles. The second-order valence-electron chi connectivity index (χ2n) is 16.5. The van der Waals surface area contributed by atoms with Gasteiger partial charge in [-0.15, -0.1) is 0 Å². The first-order valence-corrected chi connectivity index (χ1v) is 20.6. The van der Waals surface area contributed by atoms with E-state index in [1.807, 2.05) is 0 Å². The van der Waals surface area contributed by atoms with Gasteiger partial charge >= 0.3 is 6.16 Å². The van der Waals surface area contributed by atoms with E-state index in [4.69, 9.17) is 9.47 Å². The number of allylic oxidation sites excluding steroid dienone is 4. The highest BCUT2D eigenvalue weighted by atomic mass is 28.3. The summed E-state index contributed by atoms with van der Waals surface area (Å²) in [6.45, 7) is 17.7. The lowest BCUT2D eigenvalue weighted by Gasteiger charge is -2.51. The third kappa shape index (κ3) is 4.97. The first-order chi connectivity index (χ1) is 21.0. The smallest absolute Gasteiger partial charge is 0.434 e. The maximum atomic E-state index is 15.1.